The average Bonchev–Trinajstić information content (AvgIpc) is 3.07. The third kappa shape index (κ3) is 4.69. The minimum Gasteiger partial charge on any atom is -0.468 e. The van der Waals surface area contributed by atoms with E-state index in [0.717, 1.165) is 31.5 Å². The lowest BCUT2D eigenvalue weighted by atomic mass is 10.0. The maximum absolute atomic E-state index is 12.7. The normalized spacial score (nSPS) is 18.0. The van der Waals surface area contributed by atoms with E-state index in [1.54, 1.807) is 4.90 Å². The Morgan fingerprint density at radius 3 is 2.48 bits per heavy atom. The van der Waals surface area contributed by atoms with E-state index in [-0.39, 0.29) is 24.6 Å². The molecule has 0 bridgehead atoms. The molecule has 0 unspecified atom stereocenters. The smallest absolute Gasteiger partial charge is 0.325 e. The van der Waals surface area contributed by atoms with Crippen LogP contribution in [0.4, 0.5) is 9.59 Å². The van der Waals surface area contributed by atoms with Crippen molar-refractivity contribution in [3.63, 3.8) is 0 Å². The van der Waals surface area contributed by atoms with Gasteiger partial charge in [-0.05, 0) is 18.4 Å². The molecule has 3 rings (SSSR count). The summed E-state index contributed by atoms with van der Waals surface area (Å²) < 4.78 is 4.52. The van der Waals surface area contributed by atoms with Crippen LogP contribution in [0.1, 0.15) is 18.4 Å². The molecule has 1 N–H and O–H groups in total. The highest BCUT2D eigenvalue weighted by molar-refractivity contribution is 5.81. The number of esters is 1. The summed E-state index contributed by atoms with van der Waals surface area (Å²) in [5, 5.41) is 2.55. The second-order valence-corrected chi connectivity index (χ2v) is 6.84. The number of nitrogens with one attached hydrogen (secondary N) is 1. The van der Waals surface area contributed by atoms with Crippen molar-refractivity contribution in [1.29, 1.82) is 0 Å². The third-order valence-corrected chi connectivity index (χ3v) is 5.15. The highest BCUT2D eigenvalue weighted by atomic mass is 16.5. The number of amides is 4. The van der Waals surface area contributed by atoms with Crippen LogP contribution in [0.25, 0.3) is 0 Å². The minimum absolute atomic E-state index is 0.0763. The number of methoxy groups -OCH3 is 1. The topological polar surface area (TPSA) is 82.2 Å². The summed E-state index contributed by atoms with van der Waals surface area (Å²) in [4.78, 5) is 41.4. The molecule has 27 heavy (non-hydrogen) atoms. The zero-order chi connectivity index (χ0) is 19.2. The zero-order valence-corrected chi connectivity index (χ0v) is 15.6. The highest BCUT2D eigenvalue weighted by Gasteiger charge is 2.35. The van der Waals surface area contributed by atoms with Gasteiger partial charge in [0.15, 0.2) is 0 Å². The Labute approximate surface area is 159 Å². The number of likely N-dealkylation sites (tertiary alicyclic amines) is 1. The molecule has 0 radical (unpaired) electrons. The molecule has 146 valence electrons. The lowest BCUT2D eigenvalue weighted by Crippen LogP contribution is -2.51. The molecule has 2 fully saturated rings. The number of carbonyl (C=O) groups is 3. The van der Waals surface area contributed by atoms with Gasteiger partial charge in [-0.25, -0.2) is 9.59 Å². The quantitative estimate of drug-likeness (QED) is 0.787. The molecule has 2 aliphatic heterocycles. The number of nitrogens with zero attached hydrogens (tertiary/aromatic N) is 3. The monoisotopic (exact) mass is 374 g/mol. The molecule has 2 aliphatic rings. The Kier molecular flexibility index (Phi) is 6.16. The van der Waals surface area contributed by atoms with Crippen LogP contribution in [-0.4, -0.2) is 78.6 Å². The Morgan fingerprint density at radius 2 is 1.81 bits per heavy atom. The molecule has 0 aliphatic carbocycles. The fraction of sp³-hybridized carbons (Fsp3) is 0.526. The van der Waals surface area contributed by atoms with Gasteiger partial charge in [0.05, 0.1) is 7.11 Å². The molecule has 0 atom stereocenters. The van der Waals surface area contributed by atoms with Crippen LogP contribution in [-0.2, 0) is 16.1 Å². The van der Waals surface area contributed by atoms with E-state index in [2.05, 4.69) is 10.1 Å². The molecule has 1 aromatic carbocycles. The third-order valence-electron chi connectivity index (χ3n) is 5.15. The minimum atomic E-state index is -0.473. The van der Waals surface area contributed by atoms with Crippen molar-refractivity contribution in [3.8, 4) is 0 Å². The number of urea groups is 2. The molecule has 2 heterocycles. The number of carbonyl (C=O) groups excluding carboxylic acids is 3. The van der Waals surface area contributed by atoms with Crippen molar-refractivity contribution < 1.29 is 19.1 Å². The molecule has 1 aromatic rings. The Morgan fingerprint density at radius 1 is 1.11 bits per heavy atom. The summed E-state index contributed by atoms with van der Waals surface area (Å²) >= 11 is 0. The van der Waals surface area contributed by atoms with Crippen molar-refractivity contribution in [2.75, 3.05) is 39.8 Å². The molecule has 2 saturated heterocycles. The van der Waals surface area contributed by atoms with Crippen LogP contribution in [0.5, 0.6) is 0 Å². The van der Waals surface area contributed by atoms with Crippen LogP contribution < -0.4 is 5.32 Å². The summed E-state index contributed by atoms with van der Waals surface area (Å²) in [5.74, 6) is -0.473. The Balaban J connectivity index is 1.46. The van der Waals surface area contributed by atoms with Gasteiger partial charge in [-0.1, -0.05) is 30.3 Å². The Bertz CT molecular complexity index is 674. The van der Waals surface area contributed by atoms with Crippen LogP contribution in [0.2, 0.25) is 0 Å². The van der Waals surface area contributed by atoms with E-state index in [4.69, 9.17) is 0 Å². The maximum atomic E-state index is 12.7. The second kappa shape index (κ2) is 8.75. The first kappa shape index (κ1) is 19.0. The lowest BCUT2D eigenvalue weighted by Gasteiger charge is -2.36. The molecule has 4 amide bonds. The number of hydrogen-bond donors (Lipinski definition) is 1. The van der Waals surface area contributed by atoms with Crippen molar-refractivity contribution in [1.82, 2.24) is 20.0 Å². The fourth-order valence-corrected chi connectivity index (χ4v) is 3.60. The van der Waals surface area contributed by atoms with Gasteiger partial charge in [0.1, 0.15) is 6.54 Å². The Hall–Kier alpha value is -2.77. The van der Waals surface area contributed by atoms with E-state index in [0.29, 0.717) is 19.6 Å². The SMILES string of the molecule is COC(=O)CNC(=O)N1CCC(N2CCN(Cc3ccccc3)C2=O)CC1. The summed E-state index contributed by atoms with van der Waals surface area (Å²) in [7, 11) is 1.29. The van der Waals surface area contributed by atoms with Crippen LogP contribution in [0.15, 0.2) is 30.3 Å². The van der Waals surface area contributed by atoms with Gasteiger partial charge in [0.25, 0.3) is 0 Å². The van der Waals surface area contributed by atoms with Crippen molar-refractivity contribution in [2.45, 2.75) is 25.4 Å². The largest absolute Gasteiger partial charge is 0.468 e. The van der Waals surface area contributed by atoms with E-state index >= 15 is 0 Å². The van der Waals surface area contributed by atoms with Gasteiger partial charge < -0.3 is 24.8 Å². The number of benzene rings is 1. The van der Waals surface area contributed by atoms with Gasteiger partial charge in [0, 0.05) is 38.8 Å². The van der Waals surface area contributed by atoms with Crippen molar-refractivity contribution in [2.24, 2.45) is 0 Å². The van der Waals surface area contributed by atoms with Gasteiger partial charge in [-0.3, -0.25) is 4.79 Å². The predicted octanol–water partition coefficient (Wildman–Crippen LogP) is 1.27. The van der Waals surface area contributed by atoms with Gasteiger partial charge in [-0.2, -0.15) is 0 Å². The molecule has 8 heteroatoms. The summed E-state index contributed by atoms with van der Waals surface area (Å²) in [6.07, 6.45) is 1.49. The van der Waals surface area contributed by atoms with Crippen molar-refractivity contribution in [3.05, 3.63) is 35.9 Å². The van der Waals surface area contributed by atoms with Gasteiger partial charge in [-0.15, -0.1) is 0 Å². The zero-order valence-electron chi connectivity index (χ0n) is 15.6. The first-order valence-electron chi connectivity index (χ1n) is 9.27. The predicted molar refractivity (Wildman–Crippen MR) is 99.0 cm³/mol. The van der Waals surface area contributed by atoms with E-state index in [1.165, 1.54) is 7.11 Å². The van der Waals surface area contributed by atoms with Crippen molar-refractivity contribution >= 4 is 18.0 Å². The number of rotatable bonds is 5. The number of hydrogen-bond acceptors (Lipinski definition) is 4. The molecule has 0 aromatic heterocycles. The highest BCUT2D eigenvalue weighted by Crippen LogP contribution is 2.22. The van der Waals surface area contributed by atoms with Crippen LogP contribution in [0, 0.1) is 0 Å². The molecule has 0 saturated carbocycles. The number of ether oxygens (including phenoxy) is 1. The van der Waals surface area contributed by atoms with Crippen LogP contribution in [0.3, 0.4) is 0 Å². The van der Waals surface area contributed by atoms with E-state index in [9.17, 15) is 14.4 Å². The molecular weight excluding hydrogens is 348 g/mol. The molecule has 0 spiro atoms. The lowest BCUT2D eigenvalue weighted by molar-refractivity contribution is -0.139. The second-order valence-electron chi connectivity index (χ2n) is 6.84. The molecule has 8 nitrogen and oxygen atoms in total. The van der Waals surface area contributed by atoms with Crippen LogP contribution >= 0.6 is 0 Å². The standard InChI is InChI=1S/C19H26N4O4/c1-27-17(24)13-20-18(25)21-9-7-16(8-10-21)23-12-11-22(19(23)26)14-15-5-3-2-4-6-15/h2-6,16H,7-14H2,1H3,(H,20,25). The first-order valence-corrected chi connectivity index (χ1v) is 9.27. The number of piperidine rings is 1. The molecular formula is C19H26N4O4. The fourth-order valence-electron chi connectivity index (χ4n) is 3.60. The van der Waals surface area contributed by atoms with E-state index in [1.807, 2.05) is 40.1 Å². The van der Waals surface area contributed by atoms with Gasteiger partial charge >= 0.3 is 18.0 Å². The van der Waals surface area contributed by atoms with E-state index < -0.39 is 5.97 Å². The maximum Gasteiger partial charge on any atom is 0.325 e. The summed E-state index contributed by atoms with van der Waals surface area (Å²) in [5.41, 5.74) is 1.13. The first-order chi connectivity index (χ1) is 13.1. The summed E-state index contributed by atoms with van der Waals surface area (Å²) in [6, 6.07) is 9.95. The average molecular weight is 374 g/mol. The van der Waals surface area contributed by atoms with Gasteiger partial charge in [0.2, 0.25) is 0 Å². The summed E-state index contributed by atoms with van der Waals surface area (Å²) in [6.45, 7) is 3.10.